The minimum atomic E-state index is 0. The van der Waals surface area contributed by atoms with Crippen molar-refractivity contribution in [2.75, 3.05) is 41.3 Å². The molecule has 0 saturated carbocycles. The third kappa shape index (κ3) is 30.6. The van der Waals surface area contributed by atoms with Crippen molar-refractivity contribution < 1.29 is 52.7 Å². The lowest BCUT2D eigenvalue weighted by atomic mass is 10.1. The number of amides is 2. The molecule has 0 aliphatic heterocycles. The molecule has 39 heavy (non-hydrogen) atoms. The highest BCUT2D eigenvalue weighted by molar-refractivity contribution is 5.74. The Kier molecular flexibility index (Phi) is 31.0. The van der Waals surface area contributed by atoms with Crippen molar-refractivity contribution in [3.63, 3.8) is 0 Å². The lowest BCUT2D eigenvalue weighted by molar-refractivity contribution is -0.943. The van der Waals surface area contributed by atoms with E-state index in [1.54, 1.807) is 0 Å². The average molecular weight is 687 g/mol. The Bertz CT molecular complexity index is 527. The van der Waals surface area contributed by atoms with Crippen molar-refractivity contribution in [3.05, 3.63) is 0 Å². The summed E-state index contributed by atoms with van der Waals surface area (Å²) in [7, 11) is 8.21. The maximum atomic E-state index is 12.4. The summed E-state index contributed by atoms with van der Waals surface area (Å²) >= 11 is 0. The number of nitrogens with zero attached hydrogens (tertiary/aromatic N) is 2. The van der Waals surface area contributed by atoms with Gasteiger partial charge in [-0.05, 0) is 12.8 Å². The first kappa shape index (κ1) is 43.3. The van der Waals surface area contributed by atoms with Crippen LogP contribution in [0.4, 0.5) is 0 Å². The molecule has 8 heteroatoms. The van der Waals surface area contributed by atoms with Crippen LogP contribution in [0.2, 0.25) is 0 Å². The van der Waals surface area contributed by atoms with Crippen LogP contribution in [0, 0.1) is 0 Å². The van der Waals surface area contributed by atoms with Crippen LogP contribution >= 0.6 is 0 Å². The number of carbonyl (C=O) groups excluding carboxylic acids is 2. The molecule has 0 aromatic heterocycles. The number of quaternary nitrogens is 2. The summed E-state index contributed by atoms with van der Waals surface area (Å²) in [6, 6.07) is 0. The lowest BCUT2D eigenvalue weighted by Crippen LogP contribution is -3.00. The molecule has 0 unspecified atom stereocenters. The van der Waals surface area contributed by atoms with Crippen LogP contribution in [0.15, 0.2) is 0 Å². The van der Waals surface area contributed by atoms with Gasteiger partial charge in [-0.25, -0.2) is 20.0 Å². The maximum absolute atomic E-state index is 12.4. The summed E-state index contributed by atoms with van der Waals surface area (Å²) in [6.45, 7) is 6.20. The summed E-state index contributed by atoms with van der Waals surface area (Å²) < 4.78 is 0.977. The Hall–Kier alpha value is -0.180. The summed E-state index contributed by atoms with van der Waals surface area (Å²) in [6.07, 6.45) is 25.0. The molecule has 0 spiro atoms. The second-order valence-corrected chi connectivity index (χ2v) is 12.4. The van der Waals surface area contributed by atoms with Gasteiger partial charge < -0.3 is 34.0 Å². The molecule has 0 aliphatic rings. The van der Waals surface area contributed by atoms with Crippen LogP contribution in [0.1, 0.15) is 149 Å². The second-order valence-electron chi connectivity index (χ2n) is 12.4. The van der Waals surface area contributed by atoms with Crippen LogP contribution < -0.4 is 44.8 Å². The Morgan fingerprint density at radius 3 is 0.974 bits per heavy atom. The van der Waals surface area contributed by atoms with Gasteiger partial charge in [0.2, 0.25) is 0 Å². The minimum Gasteiger partial charge on any atom is -1.00 e. The number of rotatable bonds is 26. The predicted octanol–water partition coefficient (Wildman–Crippen LogP) is 1.44. The van der Waals surface area contributed by atoms with E-state index in [4.69, 9.17) is 0 Å². The molecule has 2 N–H and O–H groups in total. The number of carbonyl (C=O) groups is 2. The van der Waals surface area contributed by atoms with E-state index in [9.17, 15) is 9.59 Å². The fraction of sp³-hybridized carbons (Fsp3) is 0.935. The van der Waals surface area contributed by atoms with E-state index in [1.807, 2.05) is 0 Å². The standard InChI is InChI=1S/C31H64N4O2.2BrH/c1-7-9-11-13-15-17-19-21-23-26-30(36)32-34(3,4)28-25-29-35(5,6)33-31(37)27-24-22-20-18-16-14-12-10-8-2;;/h7-29H2,1-6H3;2*1H. The molecule has 236 valence electrons. The van der Waals surface area contributed by atoms with Gasteiger partial charge in [0.15, 0.2) is 0 Å². The predicted molar refractivity (Wildman–Crippen MR) is 159 cm³/mol. The zero-order valence-electron chi connectivity index (χ0n) is 26.7. The molecular weight excluding hydrogens is 620 g/mol. The van der Waals surface area contributed by atoms with E-state index in [0.717, 1.165) is 45.2 Å². The van der Waals surface area contributed by atoms with Gasteiger partial charge in [-0.2, -0.15) is 0 Å². The van der Waals surface area contributed by atoms with Gasteiger partial charge in [-0.1, -0.05) is 117 Å². The monoisotopic (exact) mass is 684 g/mol. The van der Waals surface area contributed by atoms with E-state index in [1.165, 1.54) is 89.9 Å². The van der Waals surface area contributed by atoms with E-state index < -0.39 is 0 Å². The average Bonchev–Trinajstić information content (AvgIpc) is 2.81. The van der Waals surface area contributed by atoms with Gasteiger partial charge in [-0.15, -0.1) is 0 Å². The molecule has 0 aromatic carbocycles. The molecule has 0 fully saturated rings. The molecule has 0 bridgehead atoms. The van der Waals surface area contributed by atoms with E-state index in [0.29, 0.717) is 22.0 Å². The molecule has 0 saturated heterocycles. The largest absolute Gasteiger partial charge is 1.00 e. The van der Waals surface area contributed by atoms with Gasteiger partial charge in [0, 0.05) is 12.8 Å². The smallest absolute Gasteiger partial charge is 0.264 e. The van der Waals surface area contributed by atoms with Crippen LogP contribution in [0.5, 0.6) is 0 Å². The SMILES string of the molecule is CCCCCCCCCCCC(=O)N[N+](C)(C)CCC[N+](C)(C)NC(=O)CCCCCCCCCCC.[Br-].[Br-]. The maximum Gasteiger partial charge on any atom is 0.264 e. The number of unbranched alkanes of at least 4 members (excludes halogenated alkanes) is 16. The topological polar surface area (TPSA) is 58.2 Å². The number of nitrogens with one attached hydrogen (secondary N) is 2. The Balaban J connectivity index is -0.00000648. The third-order valence-corrected chi connectivity index (χ3v) is 7.30. The van der Waals surface area contributed by atoms with E-state index in [2.05, 4.69) is 52.9 Å². The van der Waals surface area contributed by atoms with Crippen molar-refractivity contribution in [2.45, 2.75) is 149 Å². The van der Waals surface area contributed by atoms with E-state index >= 15 is 0 Å². The van der Waals surface area contributed by atoms with Gasteiger partial charge in [0.1, 0.15) is 13.1 Å². The summed E-state index contributed by atoms with van der Waals surface area (Å²) in [5.74, 6) is 0.298. The third-order valence-electron chi connectivity index (χ3n) is 7.30. The van der Waals surface area contributed by atoms with E-state index in [-0.39, 0.29) is 45.8 Å². The molecule has 0 radical (unpaired) electrons. The summed E-state index contributed by atoms with van der Waals surface area (Å²) in [5.41, 5.74) is 6.34. The Morgan fingerprint density at radius 1 is 0.436 bits per heavy atom. The highest BCUT2D eigenvalue weighted by Gasteiger charge is 2.23. The number of hydrogen-bond acceptors (Lipinski definition) is 2. The van der Waals surface area contributed by atoms with Crippen molar-refractivity contribution in [1.82, 2.24) is 10.9 Å². The van der Waals surface area contributed by atoms with Crippen molar-refractivity contribution in [2.24, 2.45) is 0 Å². The first-order chi connectivity index (χ1) is 17.6. The Labute approximate surface area is 264 Å². The molecule has 0 aromatic rings. The fourth-order valence-corrected chi connectivity index (χ4v) is 4.95. The lowest BCUT2D eigenvalue weighted by Gasteiger charge is -2.32. The van der Waals surface area contributed by atoms with Gasteiger partial charge in [0.25, 0.3) is 11.8 Å². The molecule has 0 rings (SSSR count). The van der Waals surface area contributed by atoms with Crippen molar-refractivity contribution >= 4 is 11.8 Å². The van der Waals surface area contributed by atoms with Crippen molar-refractivity contribution in [1.29, 1.82) is 0 Å². The Morgan fingerprint density at radius 2 is 0.692 bits per heavy atom. The summed E-state index contributed by atoms with van der Waals surface area (Å²) in [5, 5.41) is 0. The van der Waals surface area contributed by atoms with Gasteiger partial charge in [-0.3, -0.25) is 9.59 Å². The molecule has 0 heterocycles. The molecule has 6 nitrogen and oxygen atoms in total. The zero-order valence-corrected chi connectivity index (χ0v) is 29.9. The summed E-state index contributed by atoms with van der Waals surface area (Å²) in [4.78, 5) is 24.8. The van der Waals surface area contributed by atoms with Crippen molar-refractivity contribution in [3.8, 4) is 0 Å². The van der Waals surface area contributed by atoms with Crippen LogP contribution in [0.25, 0.3) is 0 Å². The number of hydrogen-bond donors (Lipinski definition) is 2. The molecule has 0 atom stereocenters. The quantitative estimate of drug-likeness (QED) is 0.0823. The first-order valence-corrected chi connectivity index (χ1v) is 15.9. The van der Waals surface area contributed by atoms with Crippen LogP contribution in [-0.4, -0.2) is 62.3 Å². The first-order valence-electron chi connectivity index (χ1n) is 15.9. The molecule has 2 amide bonds. The minimum absolute atomic E-state index is 0. The van der Waals surface area contributed by atoms with Crippen LogP contribution in [-0.2, 0) is 9.59 Å². The second kappa shape index (κ2) is 28.0. The van der Waals surface area contributed by atoms with Crippen LogP contribution in [0.3, 0.4) is 0 Å². The number of halogens is 2. The molecule has 0 aliphatic carbocycles. The fourth-order valence-electron chi connectivity index (χ4n) is 4.95. The zero-order chi connectivity index (χ0) is 27.8. The highest BCUT2D eigenvalue weighted by Crippen LogP contribution is 2.12. The normalized spacial score (nSPS) is 11.4. The molecular formula is C31H66Br2N4O2. The highest BCUT2D eigenvalue weighted by atomic mass is 79.9. The van der Waals surface area contributed by atoms with Gasteiger partial charge >= 0.3 is 0 Å². The van der Waals surface area contributed by atoms with Gasteiger partial charge in [0.05, 0.1) is 34.6 Å².